The first-order valence-corrected chi connectivity index (χ1v) is 11.5. The number of aryl methyl sites for hydroxylation is 1. The molecule has 1 saturated heterocycles. The topological polar surface area (TPSA) is 70.4 Å². The minimum absolute atomic E-state index is 0.274. The third-order valence-electron chi connectivity index (χ3n) is 4.56. The van der Waals surface area contributed by atoms with Crippen molar-refractivity contribution in [1.29, 1.82) is 0 Å². The van der Waals surface area contributed by atoms with Crippen LogP contribution in [0, 0.1) is 6.92 Å². The summed E-state index contributed by atoms with van der Waals surface area (Å²) in [4.78, 5) is 18.2. The molecule has 0 aromatic carbocycles. The molecule has 0 amide bonds. The van der Waals surface area contributed by atoms with Crippen LogP contribution in [0.5, 0.6) is 0 Å². The van der Waals surface area contributed by atoms with E-state index in [1.807, 2.05) is 25.4 Å². The standard InChI is InChI=1S/C17H21IN4O2S/c1-11-9-19-16(20-13-3-5-21(2)6-4-13)8-14(11)12-7-15(17(23)24)22(10-12)25-18/h7-10,13H,3-6H2,1-2H3,(H,19,20)(H,23,24). The van der Waals surface area contributed by atoms with Crippen LogP contribution in [0.1, 0.15) is 28.9 Å². The number of likely N-dealkylation sites (tertiary alicyclic amines) is 1. The molecule has 0 atom stereocenters. The lowest BCUT2D eigenvalue weighted by Crippen LogP contribution is -2.36. The van der Waals surface area contributed by atoms with Crippen LogP contribution in [-0.2, 0) is 0 Å². The Bertz CT molecular complexity index is 772. The molecule has 0 bridgehead atoms. The number of halogens is 1. The summed E-state index contributed by atoms with van der Waals surface area (Å²) in [6, 6.07) is 4.18. The number of nitrogens with zero attached hydrogens (tertiary/aromatic N) is 3. The van der Waals surface area contributed by atoms with Crippen molar-refractivity contribution in [2.24, 2.45) is 0 Å². The van der Waals surface area contributed by atoms with Gasteiger partial charge in [-0.25, -0.2) is 9.78 Å². The van der Waals surface area contributed by atoms with E-state index in [9.17, 15) is 9.90 Å². The van der Waals surface area contributed by atoms with E-state index in [-0.39, 0.29) is 5.69 Å². The first-order valence-electron chi connectivity index (χ1n) is 8.15. The summed E-state index contributed by atoms with van der Waals surface area (Å²) in [5.41, 5.74) is 3.21. The number of piperidine rings is 1. The highest BCUT2D eigenvalue weighted by Gasteiger charge is 2.18. The van der Waals surface area contributed by atoms with E-state index in [4.69, 9.17) is 0 Å². The average molecular weight is 472 g/mol. The van der Waals surface area contributed by atoms with E-state index >= 15 is 0 Å². The fraction of sp³-hybridized carbons (Fsp3) is 0.412. The summed E-state index contributed by atoms with van der Waals surface area (Å²) in [5, 5.41) is 12.9. The molecule has 2 aromatic heterocycles. The van der Waals surface area contributed by atoms with E-state index in [2.05, 4.69) is 43.5 Å². The lowest BCUT2D eigenvalue weighted by molar-refractivity contribution is 0.0690. The van der Waals surface area contributed by atoms with Gasteiger partial charge in [0.15, 0.2) is 0 Å². The van der Waals surface area contributed by atoms with E-state index < -0.39 is 5.97 Å². The van der Waals surface area contributed by atoms with Gasteiger partial charge in [0, 0.05) is 54.3 Å². The average Bonchev–Trinajstić information content (AvgIpc) is 3.03. The van der Waals surface area contributed by atoms with Crippen LogP contribution < -0.4 is 5.32 Å². The fourth-order valence-corrected chi connectivity index (χ4v) is 4.42. The van der Waals surface area contributed by atoms with Crippen LogP contribution in [0.3, 0.4) is 0 Å². The van der Waals surface area contributed by atoms with Crippen LogP contribution in [-0.4, -0.2) is 51.1 Å². The molecule has 2 N–H and O–H groups in total. The van der Waals surface area contributed by atoms with E-state index in [0.717, 1.165) is 48.4 Å². The number of pyridine rings is 1. The lowest BCUT2D eigenvalue weighted by Gasteiger charge is -2.29. The van der Waals surface area contributed by atoms with Crippen LogP contribution in [0.4, 0.5) is 5.82 Å². The van der Waals surface area contributed by atoms with E-state index in [1.165, 1.54) is 9.12 Å². The van der Waals surface area contributed by atoms with Crippen LogP contribution in [0.25, 0.3) is 11.1 Å². The zero-order chi connectivity index (χ0) is 18.0. The third-order valence-corrected chi connectivity index (χ3v) is 6.29. The fourth-order valence-electron chi connectivity index (χ4n) is 3.08. The number of anilines is 1. The minimum Gasteiger partial charge on any atom is -0.477 e. The number of aromatic nitrogens is 2. The lowest BCUT2D eigenvalue weighted by atomic mass is 10.0. The van der Waals surface area contributed by atoms with Gasteiger partial charge in [-0.3, -0.25) is 3.97 Å². The maximum Gasteiger partial charge on any atom is 0.353 e. The quantitative estimate of drug-likeness (QED) is 0.644. The van der Waals surface area contributed by atoms with Crippen molar-refractivity contribution in [1.82, 2.24) is 13.9 Å². The molecule has 0 spiro atoms. The number of nitrogens with one attached hydrogen (secondary N) is 1. The Morgan fingerprint density at radius 2 is 2.12 bits per heavy atom. The molecular weight excluding hydrogens is 451 g/mol. The molecule has 2 aromatic rings. The summed E-state index contributed by atoms with van der Waals surface area (Å²) < 4.78 is 1.67. The Kier molecular flexibility index (Phi) is 5.90. The summed E-state index contributed by atoms with van der Waals surface area (Å²) in [6.45, 7) is 4.18. The maximum absolute atomic E-state index is 11.4. The summed E-state index contributed by atoms with van der Waals surface area (Å²) in [5.74, 6) is -0.0753. The molecule has 8 heteroatoms. The van der Waals surface area contributed by atoms with Crippen LogP contribution >= 0.6 is 30.3 Å². The molecule has 0 unspecified atom stereocenters. The highest BCUT2D eigenvalue weighted by Crippen LogP contribution is 2.31. The molecule has 0 aliphatic carbocycles. The normalized spacial score (nSPS) is 16.1. The van der Waals surface area contributed by atoms with Crippen molar-refractivity contribution in [3.8, 4) is 11.1 Å². The molecule has 0 radical (unpaired) electrons. The van der Waals surface area contributed by atoms with Crippen molar-refractivity contribution < 1.29 is 9.90 Å². The van der Waals surface area contributed by atoms with E-state index in [0.29, 0.717) is 6.04 Å². The van der Waals surface area contributed by atoms with Gasteiger partial charge in [0.25, 0.3) is 0 Å². The van der Waals surface area contributed by atoms with Gasteiger partial charge in [-0.05, 0) is 63.2 Å². The molecule has 3 rings (SSSR count). The SMILES string of the molecule is Cc1cnc(NC2CCN(C)CC2)cc1-c1cc(C(=O)O)n(SI)c1. The van der Waals surface area contributed by atoms with Gasteiger partial charge >= 0.3 is 5.97 Å². The van der Waals surface area contributed by atoms with Crippen molar-refractivity contribution in [3.63, 3.8) is 0 Å². The number of carbonyl (C=O) groups is 1. The number of carboxylic acids is 1. The Balaban J connectivity index is 1.86. The Morgan fingerprint density at radius 3 is 2.72 bits per heavy atom. The third kappa shape index (κ3) is 4.29. The smallest absolute Gasteiger partial charge is 0.353 e. The van der Waals surface area contributed by atoms with Crippen molar-refractivity contribution >= 4 is 42.1 Å². The molecule has 1 aliphatic rings. The van der Waals surface area contributed by atoms with Gasteiger partial charge in [-0.1, -0.05) is 0 Å². The second-order valence-corrected chi connectivity index (χ2v) is 8.13. The van der Waals surface area contributed by atoms with Crippen molar-refractivity contribution in [3.05, 3.63) is 35.8 Å². The maximum atomic E-state index is 11.4. The Morgan fingerprint density at radius 1 is 1.40 bits per heavy atom. The van der Waals surface area contributed by atoms with Crippen molar-refractivity contribution in [2.45, 2.75) is 25.8 Å². The molecule has 25 heavy (non-hydrogen) atoms. The molecule has 1 aliphatic heterocycles. The van der Waals surface area contributed by atoms with Gasteiger partial charge in [-0.2, -0.15) is 0 Å². The molecule has 3 heterocycles. The van der Waals surface area contributed by atoms with Gasteiger partial charge in [0.1, 0.15) is 11.5 Å². The van der Waals surface area contributed by atoms with Gasteiger partial charge in [0.2, 0.25) is 0 Å². The Hall–Kier alpha value is -1.26. The second-order valence-electron chi connectivity index (χ2n) is 6.42. The highest BCUT2D eigenvalue weighted by molar-refractivity contribution is 14.2. The molecule has 6 nitrogen and oxygen atoms in total. The summed E-state index contributed by atoms with van der Waals surface area (Å²) in [7, 11) is 3.49. The van der Waals surface area contributed by atoms with Gasteiger partial charge in [-0.15, -0.1) is 0 Å². The number of hydrogen-bond donors (Lipinski definition) is 2. The number of aromatic carboxylic acids is 1. The summed E-state index contributed by atoms with van der Waals surface area (Å²) in [6.07, 6.45) is 5.92. The first-order chi connectivity index (χ1) is 12.0. The number of hydrogen-bond acceptors (Lipinski definition) is 5. The van der Waals surface area contributed by atoms with Gasteiger partial charge < -0.3 is 15.3 Å². The largest absolute Gasteiger partial charge is 0.477 e. The van der Waals surface area contributed by atoms with Crippen LogP contribution in [0.15, 0.2) is 24.5 Å². The monoisotopic (exact) mass is 472 g/mol. The predicted molar refractivity (Wildman–Crippen MR) is 111 cm³/mol. The van der Waals surface area contributed by atoms with Crippen molar-refractivity contribution in [2.75, 3.05) is 25.5 Å². The molecule has 0 saturated carbocycles. The zero-order valence-electron chi connectivity index (χ0n) is 14.2. The number of carboxylic acid groups (broad SMARTS) is 1. The molecular formula is C17H21IN4O2S. The Labute approximate surface area is 163 Å². The molecule has 134 valence electrons. The van der Waals surface area contributed by atoms with Gasteiger partial charge in [0.05, 0.1) is 0 Å². The van der Waals surface area contributed by atoms with Crippen LogP contribution in [0.2, 0.25) is 0 Å². The minimum atomic E-state index is -0.924. The molecule has 1 fully saturated rings. The predicted octanol–water partition coefficient (Wildman–Crippen LogP) is 3.91. The zero-order valence-corrected chi connectivity index (χ0v) is 17.2. The highest BCUT2D eigenvalue weighted by atomic mass is 127. The van der Waals surface area contributed by atoms with E-state index in [1.54, 1.807) is 10.0 Å². The first kappa shape index (κ1) is 18.5. The summed E-state index contributed by atoms with van der Waals surface area (Å²) >= 11 is 2.09. The second kappa shape index (κ2) is 7.96. The number of rotatable bonds is 5.